The van der Waals surface area contributed by atoms with Gasteiger partial charge >= 0.3 is 5.97 Å². The van der Waals surface area contributed by atoms with Crippen LogP contribution >= 0.6 is 15.9 Å². The predicted octanol–water partition coefficient (Wildman–Crippen LogP) is 2.23. The van der Waals surface area contributed by atoms with Crippen LogP contribution in [0.3, 0.4) is 0 Å². The van der Waals surface area contributed by atoms with Crippen molar-refractivity contribution in [1.82, 2.24) is 0 Å². The van der Waals surface area contributed by atoms with E-state index in [0.717, 1.165) is 10.0 Å². The van der Waals surface area contributed by atoms with E-state index in [4.69, 9.17) is 0 Å². The van der Waals surface area contributed by atoms with Crippen LogP contribution in [0.25, 0.3) is 0 Å². The standard InChI is InChI=1S/C12H15BrO4S/c1-8-6-11(13)5-4-10(8)7-18(15,16)9(2)12(14)17-3/h4-6,9H,7H2,1-3H3/t9-/m1/s1. The zero-order valence-corrected chi connectivity index (χ0v) is 12.8. The first-order chi connectivity index (χ1) is 8.27. The van der Waals surface area contributed by atoms with Crippen molar-refractivity contribution < 1.29 is 17.9 Å². The van der Waals surface area contributed by atoms with Crippen molar-refractivity contribution in [2.45, 2.75) is 24.9 Å². The molecule has 0 aliphatic rings. The highest BCUT2D eigenvalue weighted by Gasteiger charge is 2.29. The molecule has 0 heterocycles. The zero-order valence-electron chi connectivity index (χ0n) is 10.4. The number of ether oxygens (including phenoxy) is 1. The summed E-state index contributed by atoms with van der Waals surface area (Å²) in [5.74, 6) is -0.896. The topological polar surface area (TPSA) is 60.4 Å². The Morgan fingerprint density at radius 1 is 1.44 bits per heavy atom. The van der Waals surface area contributed by atoms with Gasteiger partial charge in [-0.15, -0.1) is 0 Å². The second-order valence-corrected chi connectivity index (χ2v) is 7.28. The minimum absolute atomic E-state index is 0.164. The summed E-state index contributed by atoms with van der Waals surface area (Å²) in [4.78, 5) is 11.3. The summed E-state index contributed by atoms with van der Waals surface area (Å²) in [6, 6.07) is 5.36. The number of hydrogen-bond donors (Lipinski definition) is 0. The van der Waals surface area contributed by atoms with Gasteiger partial charge in [0.25, 0.3) is 0 Å². The molecule has 1 aromatic carbocycles. The molecule has 0 spiro atoms. The van der Waals surface area contributed by atoms with Gasteiger partial charge in [0.1, 0.15) is 0 Å². The first kappa shape index (κ1) is 15.2. The predicted molar refractivity (Wildman–Crippen MR) is 73.0 cm³/mol. The van der Waals surface area contributed by atoms with Crippen LogP contribution in [0.4, 0.5) is 0 Å². The highest BCUT2D eigenvalue weighted by atomic mass is 79.9. The molecule has 0 saturated heterocycles. The van der Waals surface area contributed by atoms with E-state index in [1.165, 1.54) is 14.0 Å². The van der Waals surface area contributed by atoms with Crippen molar-refractivity contribution in [1.29, 1.82) is 0 Å². The number of carbonyl (C=O) groups is 1. The molecular formula is C12H15BrO4S. The Hall–Kier alpha value is -0.880. The second kappa shape index (κ2) is 5.84. The van der Waals surface area contributed by atoms with E-state index in [1.54, 1.807) is 12.1 Å². The van der Waals surface area contributed by atoms with E-state index in [1.807, 2.05) is 13.0 Å². The largest absolute Gasteiger partial charge is 0.468 e. The van der Waals surface area contributed by atoms with Crippen molar-refractivity contribution in [3.63, 3.8) is 0 Å². The molecule has 0 radical (unpaired) electrons. The SMILES string of the molecule is COC(=O)[C@@H](C)S(=O)(=O)Cc1ccc(Br)cc1C. The first-order valence-corrected chi connectivity index (χ1v) is 7.83. The number of esters is 1. The maximum absolute atomic E-state index is 12.0. The van der Waals surface area contributed by atoms with Gasteiger partial charge in [-0.3, -0.25) is 4.79 Å². The summed E-state index contributed by atoms with van der Waals surface area (Å²) in [5.41, 5.74) is 1.55. The molecule has 4 nitrogen and oxygen atoms in total. The van der Waals surface area contributed by atoms with Gasteiger partial charge in [0, 0.05) is 4.47 Å². The van der Waals surface area contributed by atoms with Gasteiger partial charge in [-0.05, 0) is 37.1 Å². The second-order valence-electron chi connectivity index (χ2n) is 4.04. The van der Waals surface area contributed by atoms with Gasteiger partial charge in [0.05, 0.1) is 12.9 Å². The van der Waals surface area contributed by atoms with Crippen LogP contribution in [0.15, 0.2) is 22.7 Å². The van der Waals surface area contributed by atoms with Crippen LogP contribution in [0.2, 0.25) is 0 Å². The molecule has 0 aliphatic heterocycles. The van der Waals surface area contributed by atoms with Gasteiger partial charge in [0.2, 0.25) is 0 Å². The minimum atomic E-state index is -3.55. The summed E-state index contributed by atoms with van der Waals surface area (Å²) in [6.07, 6.45) is 0. The van der Waals surface area contributed by atoms with Gasteiger partial charge < -0.3 is 4.74 Å². The molecule has 6 heteroatoms. The molecule has 0 saturated carbocycles. The van der Waals surface area contributed by atoms with Crippen LogP contribution in [0.1, 0.15) is 18.1 Å². The maximum Gasteiger partial charge on any atom is 0.323 e. The molecular weight excluding hydrogens is 320 g/mol. The summed E-state index contributed by atoms with van der Waals surface area (Å²) < 4.78 is 29.4. The Morgan fingerprint density at radius 2 is 2.06 bits per heavy atom. The van der Waals surface area contributed by atoms with E-state index in [2.05, 4.69) is 20.7 Å². The monoisotopic (exact) mass is 334 g/mol. The Morgan fingerprint density at radius 3 is 2.56 bits per heavy atom. The first-order valence-electron chi connectivity index (χ1n) is 5.32. The number of sulfone groups is 1. The van der Waals surface area contributed by atoms with Crippen LogP contribution in [0.5, 0.6) is 0 Å². The Labute approximate surface area is 115 Å². The molecule has 18 heavy (non-hydrogen) atoms. The van der Waals surface area contributed by atoms with Crippen molar-refractivity contribution in [3.8, 4) is 0 Å². The van der Waals surface area contributed by atoms with Crippen LogP contribution < -0.4 is 0 Å². The van der Waals surface area contributed by atoms with Gasteiger partial charge in [-0.1, -0.05) is 22.0 Å². The molecule has 0 aromatic heterocycles. The highest BCUT2D eigenvalue weighted by Crippen LogP contribution is 2.19. The zero-order chi connectivity index (χ0) is 13.9. The fourth-order valence-corrected chi connectivity index (χ4v) is 3.35. The van der Waals surface area contributed by atoms with Crippen LogP contribution in [-0.2, 0) is 25.1 Å². The normalized spacial score (nSPS) is 13.1. The Bertz CT molecular complexity index is 551. The van der Waals surface area contributed by atoms with E-state index in [0.29, 0.717) is 5.56 Å². The van der Waals surface area contributed by atoms with Crippen molar-refractivity contribution in [2.75, 3.05) is 7.11 Å². The lowest BCUT2D eigenvalue weighted by molar-refractivity contribution is -0.139. The quantitative estimate of drug-likeness (QED) is 0.792. The lowest BCUT2D eigenvalue weighted by Gasteiger charge is -2.12. The minimum Gasteiger partial charge on any atom is -0.468 e. The lowest BCUT2D eigenvalue weighted by Crippen LogP contribution is -2.29. The molecule has 100 valence electrons. The van der Waals surface area contributed by atoms with E-state index < -0.39 is 21.1 Å². The average Bonchev–Trinajstić information content (AvgIpc) is 2.30. The molecule has 0 fully saturated rings. The van der Waals surface area contributed by atoms with E-state index >= 15 is 0 Å². The summed E-state index contributed by atoms with van der Waals surface area (Å²) >= 11 is 3.32. The highest BCUT2D eigenvalue weighted by molar-refractivity contribution is 9.10. The van der Waals surface area contributed by atoms with Crippen LogP contribution in [0, 0.1) is 6.92 Å². The fourth-order valence-electron chi connectivity index (χ4n) is 1.48. The molecule has 0 N–H and O–H groups in total. The van der Waals surface area contributed by atoms with Crippen molar-refractivity contribution in [2.24, 2.45) is 0 Å². The third-order valence-electron chi connectivity index (χ3n) is 2.73. The Kier molecular flexibility index (Phi) is 4.92. The smallest absolute Gasteiger partial charge is 0.323 e. The van der Waals surface area contributed by atoms with Gasteiger partial charge in [-0.25, -0.2) is 8.42 Å². The number of hydrogen-bond acceptors (Lipinski definition) is 4. The number of carbonyl (C=O) groups excluding carboxylic acids is 1. The Balaban J connectivity index is 2.99. The van der Waals surface area contributed by atoms with Gasteiger partial charge in [0.15, 0.2) is 15.1 Å². The number of methoxy groups -OCH3 is 1. The number of aryl methyl sites for hydroxylation is 1. The molecule has 1 atom stereocenters. The third kappa shape index (κ3) is 3.55. The molecule has 1 aromatic rings. The van der Waals surface area contributed by atoms with E-state index in [9.17, 15) is 13.2 Å². The number of benzene rings is 1. The lowest BCUT2D eigenvalue weighted by atomic mass is 10.1. The molecule has 0 bridgehead atoms. The summed E-state index contributed by atoms with van der Waals surface area (Å²) in [7, 11) is -2.37. The summed E-state index contributed by atoms with van der Waals surface area (Å²) in [5, 5.41) is -1.15. The maximum atomic E-state index is 12.0. The average molecular weight is 335 g/mol. The van der Waals surface area contributed by atoms with Crippen molar-refractivity contribution >= 4 is 31.7 Å². The van der Waals surface area contributed by atoms with E-state index in [-0.39, 0.29) is 5.75 Å². The van der Waals surface area contributed by atoms with Crippen LogP contribution in [-0.4, -0.2) is 26.7 Å². The fraction of sp³-hybridized carbons (Fsp3) is 0.417. The molecule has 1 rings (SSSR count). The number of rotatable bonds is 4. The molecule has 0 aliphatic carbocycles. The van der Waals surface area contributed by atoms with Crippen molar-refractivity contribution in [3.05, 3.63) is 33.8 Å². The molecule has 0 amide bonds. The molecule has 0 unspecified atom stereocenters. The third-order valence-corrected chi connectivity index (χ3v) is 5.21. The van der Waals surface area contributed by atoms with Gasteiger partial charge in [-0.2, -0.15) is 0 Å². The number of halogens is 1. The summed E-state index contributed by atoms with van der Waals surface area (Å²) in [6.45, 7) is 3.17.